The number of hydrogen-bond donors (Lipinski definition) is 1. The molecule has 1 rings (SSSR count). The van der Waals surface area contributed by atoms with E-state index in [-0.39, 0.29) is 11.9 Å². The van der Waals surface area contributed by atoms with Crippen LogP contribution in [0.1, 0.15) is 13.8 Å². The summed E-state index contributed by atoms with van der Waals surface area (Å²) in [5, 5.41) is 0. The van der Waals surface area contributed by atoms with Crippen molar-refractivity contribution in [1.29, 1.82) is 0 Å². The van der Waals surface area contributed by atoms with Crippen molar-refractivity contribution in [3.63, 3.8) is 0 Å². The molecule has 90 valence electrons. The summed E-state index contributed by atoms with van der Waals surface area (Å²) in [6, 6.07) is 2.86. The van der Waals surface area contributed by atoms with E-state index in [2.05, 4.69) is 0 Å². The van der Waals surface area contributed by atoms with Crippen molar-refractivity contribution in [1.82, 2.24) is 0 Å². The predicted molar refractivity (Wildman–Crippen MR) is 70.1 cm³/mol. The van der Waals surface area contributed by atoms with Crippen LogP contribution in [0, 0.1) is 9.39 Å². The van der Waals surface area contributed by atoms with Gasteiger partial charge in [0.1, 0.15) is 17.7 Å². The number of hydrogen-bond acceptors (Lipinski definition) is 3. The second-order valence-corrected chi connectivity index (χ2v) is 4.55. The van der Waals surface area contributed by atoms with Gasteiger partial charge in [-0.25, -0.2) is 4.39 Å². The summed E-state index contributed by atoms with van der Waals surface area (Å²) in [7, 11) is 0. The van der Waals surface area contributed by atoms with Gasteiger partial charge in [0.25, 0.3) is 0 Å². The second-order valence-electron chi connectivity index (χ2n) is 3.39. The van der Waals surface area contributed by atoms with Crippen LogP contribution in [0.15, 0.2) is 12.1 Å². The fraction of sp³-hybridized carbons (Fsp3) is 0.455. The molecule has 0 fully saturated rings. The van der Waals surface area contributed by atoms with Gasteiger partial charge in [-0.15, -0.1) is 0 Å². The van der Waals surface area contributed by atoms with Crippen LogP contribution in [0.4, 0.5) is 10.1 Å². The number of nitrogen functional groups attached to an aromatic ring is 1. The SMILES string of the molecule is CCOCC(C)Oc1cc(F)c(I)cc1N. The minimum absolute atomic E-state index is 0.151. The maximum atomic E-state index is 13.3. The first-order valence-electron chi connectivity index (χ1n) is 5.03. The van der Waals surface area contributed by atoms with E-state index in [1.165, 1.54) is 6.07 Å². The molecule has 0 amide bonds. The van der Waals surface area contributed by atoms with Gasteiger partial charge in [0.2, 0.25) is 0 Å². The van der Waals surface area contributed by atoms with Crippen LogP contribution in [0.25, 0.3) is 0 Å². The first-order valence-corrected chi connectivity index (χ1v) is 6.11. The highest BCUT2D eigenvalue weighted by molar-refractivity contribution is 14.1. The molecule has 2 N–H and O–H groups in total. The van der Waals surface area contributed by atoms with Crippen LogP contribution in [-0.2, 0) is 4.74 Å². The Morgan fingerprint density at radius 1 is 1.50 bits per heavy atom. The van der Waals surface area contributed by atoms with Crippen molar-refractivity contribution in [2.45, 2.75) is 20.0 Å². The standard InChI is InChI=1S/C11H15FINO2/c1-3-15-6-7(2)16-11-4-8(12)9(13)5-10(11)14/h4-5,7H,3,6,14H2,1-2H3. The Labute approximate surface area is 108 Å². The summed E-state index contributed by atoms with van der Waals surface area (Å²) in [6.45, 7) is 4.85. The number of rotatable bonds is 5. The molecule has 5 heteroatoms. The Balaban J connectivity index is 2.69. The molecule has 0 spiro atoms. The minimum atomic E-state index is -0.326. The minimum Gasteiger partial charge on any atom is -0.486 e. The average Bonchev–Trinajstić information content (AvgIpc) is 2.23. The van der Waals surface area contributed by atoms with Crippen LogP contribution in [0.3, 0.4) is 0 Å². The van der Waals surface area contributed by atoms with Crippen molar-refractivity contribution < 1.29 is 13.9 Å². The maximum absolute atomic E-state index is 13.3. The lowest BCUT2D eigenvalue weighted by Gasteiger charge is -2.16. The molecule has 1 aromatic rings. The Bertz CT molecular complexity index is 360. The van der Waals surface area contributed by atoms with Gasteiger partial charge in [0.15, 0.2) is 0 Å². The molecular weight excluding hydrogens is 324 g/mol. The number of halogens is 2. The highest BCUT2D eigenvalue weighted by atomic mass is 127. The molecule has 3 nitrogen and oxygen atoms in total. The summed E-state index contributed by atoms with van der Waals surface area (Å²) in [5.74, 6) is 0.0403. The zero-order valence-electron chi connectivity index (χ0n) is 9.30. The number of nitrogens with two attached hydrogens (primary N) is 1. The van der Waals surface area contributed by atoms with Crippen molar-refractivity contribution in [2.24, 2.45) is 0 Å². The Morgan fingerprint density at radius 3 is 2.81 bits per heavy atom. The van der Waals surface area contributed by atoms with Crippen molar-refractivity contribution >= 4 is 28.3 Å². The molecule has 0 saturated heterocycles. The van der Waals surface area contributed by atoms with E-state index >= 15 is 0 Å². The average molecular weight is 339 g/mol. The normalized spacial score (nSPS) is 12.5. The van der Waals surface area contributed by atoms with E-state index in [9.17, 15) is 4.39 Å². The van der Waals surface area contributed by atoms with Crippen LogP contribution >= 0.6 is 22.6 Å². The molecule has 0 aromatic heterocycles. The van der Waals surface area contributed by atoms with Gasteiger partial charge in [0, 0.05) is 12.7 Å². The predicted octanol–water partition coefficient (Wildman–Crippen LogP) is 2.82. The van der Waals surface area contributed by atoms with Gasteiger partial charge in [-0.3, -0.25) is 0 Å². The first kappa shape index (κ1) is 13.5. The highest BCUT2D eigenvalue weighted by Gasteiger charge is 2.10. The fourth-order valence-electron chi connectivity index (χ4n) is 1.18. The summed E-state index contributed by atoms with van der Waals surface area (Å²) in [5.41, 5.74) is 6.17. The van der Waals surface area contributed by atoms with E-state index in [4.69, 9.17) is 15.2 Å². The van der Waals surface area contributed by atoms with Crippen LogP contribution < -0.4 is 10.5 Å². The van der Waals surface area contributed by atoms with Crippen LogP contribution in [0.5, 0.6) is 5.75 Å². The molecule has 0 radical (unpaired) electrons. The van der Waals surface area contributed by atoms with Crippen LogP contribution in [0.2, 0.25) is 0 Å². The van der Waals surface area contributed by atoms with E-state index in [0.29, 0.717) is 28.2 Å². The second kappa shape index (κ2) is 6.24. The van der Waals surface area contributed by atoms with Crippen molar-refractivity contribution in [3.05, 3.63) is 21.5 Å². The molecular formula is C11H15FINO2. The third kappa shape index (κ3) is 3.79. The fourth-order valence-corrected chi connectivity index (χ4v) is 1.67. The molecule has 0 saturated carbocycles. The number of benzene rings is 1. The third-order valence-electron chi connectivity index (χ3n) is 1.94. The number of anilines is 1. The zero-order valence-corrected chi connectivity index (χ0v) is 11.5. The van der Waals surface area contributed by atoms with E-state index in [1.54, 1.807) is 6.07 Å². The maximum Gasteiger partial charge on any atom is 0.145 e. The lowest BCUT2D eigenvalue weighted by atomic mass is 10.3. The van der Waals surface area contributed by atoms with Gasteiger partial charge in [-0.05, 0) is 42.5 Å². The molecule has 16 heavy (non-hydrogen) atoms. The monoisotopic (exact) mass is 339 g/mol. The van der Waals surface area contributed by atoms with E-state index in [0.717, 1.165) is 0 Å². The molecule has 1 unspecified atom stereocenters. The first-order chi connectivity index (χ1) is 7.54. The Morgan fingerprint density at radius 2 is 2.19 bits per heavy atom. The smallest absolute Gasteiger partial charge is 0.145 e. The molecule has 1 atom stereocenters. The zero-order chi connectivity index (χ0) is 12.1. The highest BCUT2D eigenvalue weighted by Crippen LogP contribution is 2.27. The van der Waals surface area contributed by atoms with E-state index in [1.807, 2.05) is 36.4 Å². The Kier molecular flexibility index (Phi) is 5.27. The van der Waals surface area contributed by atoms with Gasteiger partial charge in [0.05, 0.1) is 15.9 Å². The van der Waals surface area contributed by atoms with Gasteiger partial charge in [-0.2, -0.15) is 0 Å². The summed E-state index contributed by atoms with van der Waals surface area (Å²) in [6.07, 6.45) is -0.151. The molecule has 0 aliphatic heterocycles. The lowest BCUT2D eigenvalue weighted by molar-refractivity contribution is 0.0659. The number of ether oxygens (including phenoxy) is 2. The van der Waals surface area contributed by atoms with E-state index < -0.39 is 0 Å². The van der Waals surface area contributed by atoms with Crippen molar-refractivity contribution in [2.75, 3.05) is 18.9 Å². The molecule has 0 aliphatic carbocycles. The van der Waals surface area contributed by atoms with Crippen LogP contribution in [-0.4, -0.2) is 19.3 Å². The quantitative estimate of drug-likeness (QED) is 0.663. The molecule has 0 bridgehead atoms. The van der Waals surface area contributed by atoms with Gasteiger partial charge in [-0.1, -0.05) is 0 Å². The summed E-state index contributed by atoms with van der Waals surface area (Å²) in [4.78, 5) is 0. The largest absolute Gasteiger partial charge is 0.486 e. The third-order valence-corrected chi connectivity index (χ3v) is 2.76. The summed E-state index contributed by atoms with van der Waals surface area (Å²) < 4.78 is 24.5. The topological polar surface area (TPSA) is 44.5 Å². The molecule has 0 aliphatic rings. The summed E-state index contributed by atoms with van der Waals surface area (Å²) >= 11 is 1.89. The molecule has 1 aromatic carbocycles. The van der Waals surface area contributed by atoms with Crippen molar-refractivity contribution in [3.8, 4) is 5.75 Å². The molecule has 0 heterocycles. The van der Waals surface area contributed by atoms with Gasteiger partial charge < -0.3 is 15.2 Å². The lowest BCUT2D eigenvalue weighted by Crippen LogP contribution is -2.19. The van der Waals surface area contributed by atoms with Gasteiger partial charge >= 0.3 is 0 Å². The Hall–Kier alpha value is -0.560.